The van der Waals surface area contributed by atoms with Gasteiger partial charge in [0.1, 0.15) is 5.69 Å². The monoisotopic (exact) mass is 328 g/mol. The predicted molar refractivity (Wildman–Crippen MR) is 72.2 cm³/mol. The summed E-state index contributed by atoms with van der Waals surface area (Å²) >= 11 is 2.30. The van der Waals surface area contributed by atoms with Crippen molar-refractivity contribution < 1.29 is 5.11 Å². The molecular formula is C12H13IN2O. The first-order valence-electron chi connectivity index (χ1n) is 5.13. The standard InChI is InChI=1S/C12H13IN2O/c1-9-11(13)12(14-15(9)7-8-16)10-5-3-2-4-6-10/h2-6,16H,7-8H2,1H3. The van der Waals surface area contributed by atoms with Crippen LogP contribution in [0.1, 0.15) is 5.69 Å². The summed E-state index contributed by atoms with van der Waals surface area (Å²) in [6.07, 6.45) is 0. The first-order valence-corrected chi connectivity index (χ1v) is 6.21. The number of aromatic nitrogens is 2. The predicted octanol–water partition coefficient (Wildman–Crippen LogP) is 2.46. The van der Waals surface area contributed by atoms with Crippen LogP contribution in [0.25, 0.3) is 11.3 Å². The highest BCUT2D eigenvalue weighted by atomic mass is 127. The van der Waals surface area contributed by atoms with Gasteiger partial charge in [-0.05, 0) is 29.5 Å². The number of hydrogen-bond donors (Lipinski definition) is 1. The second kappa shape index (κ2) is 4.97. The summed E-state index contributed by atoms with van der Waals surface area (Å²) in [6.45, 7) is 2.69. The van der Waals surface area contributed by atoms with E-state index in [1.165, 1.54) is 0 Å². The molecule has 1 aromatic carbocycles. The second-order valence-electron chi connectivity index (χ2n) is 3.56. The minimum atomic E-state index is 0.118. The molecular weight excluding hydrogens is 315 g/mol. The molecule has 0 bridgehead atoms. The van der Waals surface area contributed by atoms with Crippen molar-refractivity contribution in [3.05, 3.63) is 39.6 Å². The van der Waals surface area contributed by atoms with Gasteiger partial charge in [-0.25, -0.2) is 0 Å². The van der Waals surface area contributed by atoms with E-state index in [2.05, 4.69) is 27.7 Å². The summed E-state index contributed by atoms with van der Waals surface area (Å²) in [5, 5.41) is 13.5. The summed E-state index contributed by atoms with van der Waals surface area (Å²) in [4.78, 5) is 0. The Labute approximate surface area is 108 Å². The first-order chi connectivity index (χ1) is 7.74. The van der Waals surface area contributed by atoms with E-state index in [0.29, 0.717) is 6.54 Å². The number of rotatable bonds is 3. The SMILES string of the molecule is Cc1c(I)c(-c2ccccc2)nn1CCO. The lowest BCUT2D eigenvalue weighted by Gasteiger charge is -1.99. The van der Waals surface area contributed by atoms with Gasteiger partial charge in [-0.1, -0.05) is 30.3 Å². The minimum Gasteiger partial charge on any atom is -0.394 e. The maximum atomic E-state index is 8.95. The van der Waals surface area contributed by atoms with Crippen molar-refractivity contribution in [2.24, 2.45) is 0 Å². The lowest BCUT2D eigenvalue weighted by atomic mass is 10.1. The van der Waals surface area contributed by atoms with Crippen LogP contribution >= 0.6 is 22.6 Å². The molecule has 4 heteroatoms. The van der Waals surface area contributed by atoms with Crippen LogP contribution in [0, 0.1) is 10.5 Å². The Hall–Kier alpha value is -0.880. The van der Waals surface area contributed by atoms with Gasteiger partial charge in [-0.15, -0.1) is 0 Å². The van der Waals surface area contributed by atoms with Gasteiger partial charge in [0.15, 0.2) is 0 Å². The molecule has 0 amide bonds. The third-order valence-corrected chi connectivity index (χ3v) is 3.78. The Morgan fingerprint density at radius 1 is 1.31 bits per heavy atom. The molecule has 1 N–H and O–H groups in total. The van der Waals surface area contributed by atoms with Gasteiger partial charge >= 0.3 is 0 Å². The van der Waals surface area contributed by atoms with Crippen molar-refractivity contribution in [1.29, 1.82) is 0 Å². The maximum Gasteiger partial charge on any atom is 0.106 e. The topological polar surface area (TPSA) is 38.0 Å². The third kappa shape index (κ3) is 2.12. The molecule has 0 saturated carbocycles. The molecule has 0 aliphatic carbocycles. The molecule has 0 saturated heterocycles. The fourth-order valence-corrected chi connectivity index (χ4v) is 2.31. The molecule has 0 fully saturated rings. The van der Waals surface area contributed by atoms with Gasteiger partial charge in [0.25, 0.3) is 0 Å². The molecule has 1 aromatic heterocycles. The normalized spacial score (nSPS) is 10.7. The highest BCUT2D eigenvalue weighted by Gasteiger charge is 2.12. The molecule has 84 valence electrons. The molecule has 2 rings (SSSR count). The molecule has 0 atom stereocenters. The number of nitrogens with zero attached hydrogens (tertiary/aromatic N) is 2. The molecule has 0 spiro atoms. The first kappa shape index (κ1) is 11.6. The van der Waals surface area contributed by atoms with E-state index in [1.807, 2.05) is 41.9 Å². The van der Waals surface area contributed by atoms with Crippen LogP contribution in [0.2, 0.25) is 0 Å². The molecule has 3 nitrogen and oxygen atoms in total. The lowest BCUT2D eigenvalue weighted by Crippen LogP contribution is -2.05. The largest absolute Gasteiger partial charge is 0.394 e. The van der Waals surface area contributed by atoms with Crippen LogP contribution in [0.15, 0.2) is 30.3 Å². The van der Waals surface area contributed by atoms with E-state index in [9.17, 15) is 0 Å². The van der Waals surface area contributed by atoms with E-state index in [4.69, 9.17) is 5.11 Å². The van der Waals surface area contributed by atoms with Crippen molar-refractivity contribution in [2.75, 3.05) is 6.61 Å². The molecule has 16 heavy (non-hydrogen) atoms. The van der Waals surface area contributed by atoms with Gasteiger partial charge < -0.3 is 5.11 Å². The zero-order valence-electron chi connectivity index (χ0n) is 9.02. The fraction of sp³-hybridized carbons (Fsp3) is 0.250. The van der Waals surface area contributed by atoms with E-state index >= 15 is 0 Å². The highest BCUT2D eigenvalue weighted by Crippen LogP contribution is 2.26. The zero-order chi connectivity index (χ0) is 11.5. The molecule has 0 unspecified atom stereocenters. The van der Waals surface area contributed by atoms with E-state index in [-0.39, 0.29) is 6.61 Å². The number of benzene rings is 1. The molecule has 1 heterocycles. The van der Waals surface area contributed by atoms with Crippen molar-refractivity contribution in [2.45, 2.75) is 13.5 Å². The fourth-order valence-electron chi connectivity index (χ4n) is 1.62. The van der Waals surface area contributed by atoms with E-state index in [0.717, 1.165) is 20.5 Å². The van der Waals surface area contributed by atoms with Gasteiger partial charge in [-0.2, -0.15) is 5.10 Å². The Kier molecular flexibility index (Phi) is 3.60. The van der Waals surface area contributed by atoms with Crippen molar-refractivity contribution >= 4 is 22.6 Å². The Morgan fingerprint density at radius 3 is 2.62 bits per heavy atom. The quantitative estimate of drug-likeness (QED) is 0.879. The van der Waals surface area contributed by atoms with E-state index in [1.54, 1.807) is 0 Å². The van der Waals surface area contributed by atoms with Crippen molar-refractivity contribution in [3.63, 3.8) is 0 Å². The van der Waals surface area contributed by atoms with E-state index < -0.39 is 0 Å². The highest BCUT2D eigenvalue weighted by molar-refractivity contribution is 14.1. The molecule has 2 aromatic rings. The summed E-state index contributed by atoms with van der Waals surface area (Å²) in [5.41, 5.74) is 3.22. The lowest BCUT2D eigenvalue weighted by molar-refractivity contribution is 0.268. The number of hydrogen-bond acceptors (Lipinski definition) is 2. The van der Waals surface area contributed by atoms with Crippen LogP contribution in [0.5, 0.6) is 0 Å². The number of halogens is 1. The van der Waals surface area contributed by atoms with Gasteiger partial charge in [0.2, 0.25) is 0 Å². The number of aliphatic hydroxyl groups excluding tert-OH is 1. The van der Waals surface area contributed by atoms with Crippen LogP contribution in [-0.2, 0) is 6.54 Å². The average Bonchev–Trinajstić information content (AvgIpc) is 2.59. The van der Waals surface area contributed by atoms with Crippen molar-refractivity contribution in [3.8, 4) is 11.3 Å². The Balaban J connectivity index is 2.46. The van der Waals surface area contributed by atoms with Crippen LogP contribution in [-0.4, -0.2) is 21.5 Å². The Bertz CT molecular complexity index is 479. The summed E-state index contributed by atoms with van der Waals surface area (Å²) < 4.78 is 3.00. The molecule has 0 radical (unpaired) electrons. The van der Waals surface area contributed by atoms with Gasteiger partial charge in [0.05, 0.1) is 16.7 Å². The van der Waals surface area contributed by atoms with Crippen LogP contribution < -0.4 is 0 Å². The maximum absolute atomic E-state index is 8.95. The smallest absolute Gasteiger partial charge is 0.106 e. The molecule has 0 aliphatic heterocycles. The van der Waals surface area contributed by atoms with Crippen molar-refractivity contribution in [1.82, 2.24) is 9.78 Å². The second-order valence-corrected chi connectivity index (χ2v) is 4.64. The van der Waals surface area contributed by atoms with Crippen LogP contribution in [0.3, 0.4) is 0 Å². The van der Waals surface area contributed by atoms with Gasteiger partial charge in [-0.3, -0.25) is 4.68 Å². The average molecular weight is 328 g/mol. The Morgan fingerprint density at radius 2 is 2.00 bits per heavy atom. The van der Waals surface area contributed by atoms with Gasteiger partial charge in [0, 0.05) is 11.3 Å². The molecule has 0 aliphatic rings. The minimum absolute atomic E-state index is 0.118. The zero-order valence-corrected chi connectivity index (χ0v) is 11.2. The third-order valence-electron chi connectivity index (χ3n) is 2.49. The summed E-state index contributed by atoms with van der Waals surface area (Å²) in [6, 6.07) is 10.1. The van der Waals surface area contributed by atoms with Crippen LogP contribution in [0.4, 0.5) is 0 Å². The summed E-state index contributed by atoms with van der Waals surface area (Å²) in [7, 11) is 0. The summed E-state index contributed by atoms with van der Waals surface area (Å²) in [5.74, 6) is 0. The number of aliphatic hydroxyl groups is 1.